The lowest BCUT2D eigenvalue weighted by atomic mass is 10.1. The van der Waals surface area contributed by atoms with Crippen molar-refractivity contribution in [2.75, 3.05) is 57.9 Å². The van der Waals surface area contributed by atoms with E-state index in [1.165, 1.54) is 64.6 Å². The van der Waals surface area contributed by atoms with Crippen LogP contribution in [0.2, 0.25) is 0 Å². The number of hydrogen-bond donors (Lipinski definition) is 4. The van der Waals surface area contributed by atoms with Crippen molar-refractivity contribution in [1.29, 1.82) is 0 Å². The zero-order valence-electron chi connectivity index (χ0n) is 57.3. The number of thioether (sulfide) groups is 4. The first-order valence-corrected chi connectivity index (χ1v) is 40.9. The molecule has 0 saturated heterocycles. The average Bonchev–Trinajstić information content (AvgIpc) is 1.74. The van der Waals surface area contributed by atoms with Gasteiger partial charge in [0.25, 0.3) is 0 Å². The van der Waals surface area contributed by atoms with E-state index in [0.29, 0.717) is 40.1 Å². The molecule has 4 N–H and O–H groups in total. The van der Waals surface area contributed by atoms with E-state index >= 15 is 0 Å². The Labute approximate surface area is 637 Å². The maximum absolute atomic E-state index is 12.5. The number of fused-ring (bicyclic) bond motifs is 4. The van der Waals surface area contributed by atoms with Gasteiger partial charge in [-0.25, -0.2) is 0 Å². The molecule has 13 aromatic rings. The number of anilines is 4. The summed E-state index contributed by atoms with van der Waals surface area (Å²) in [6.45, 7) is 11.6. The average molecular weight is 1560 g/mol. The van der Waals surface area contributed by atoms with Crippen LogP contribution in [0.4, 0.5) is 22.7 Å². The van der Waals surface area contributed by atoms with Gasteiger partial charge in [-0.1, -0.05) is 126 Å². The third kappa shape index (κ3) is 18.1. The minimum atomic E-state index is -0.137. The zero-order valence-corrected chi connectivity index (χ0v) is 63.8. The molecule has 2 aliphatic heterocycles. The second kappa shape index (κ2) is 35.8. The van der Waals surface area contributed by atoms with Gasteiger partial charge in [-0.2, -0.15) is 0 Å². The first-order chi connectivity index (χ1) is 51.5. The third-order valence-corrected chi connectivity index (χ3v) is 23.6. The largest absolute Gasteiger partial charge is 0.454 e. The number of benzene rings is 5. The van der Waals surface area contributed by atoms with Crippen molar-refractivity contribution < 1.29 is 38.1 Å². The predicted molar refractivity (Wildman–Crippen MR) is 421 cm³/mol. The van der Waals surface area contributed by atoms with E-state index in [-0.39, 0.29) is 54.5 Å². The zero-order chi connectivity index (χ0) is 72.4. The summed E-state index contributed by atoms with van der Waals surface area (Å²) in [5.41, 5.74) is 5.74. The molecule has 0 fully saturated rings. The van der Waals surface area contributed by atoms with Crippen molar-refractivity contribution in [3.63, 3.8) is 0 Å². The van der Waals surface area contributed by atoms with Crippen LogP contribution in [0, 0.1) is 0 Å². The fourth-order valence-corrected chi connectivity index (χ4v) is 17.5. The molecule has 538 valence electrons. The van der Waals surface area contributed by atoms with Gasteiger partial charge < -0.3 is 58.5 Å². The second-order valence-electron chi connectivity index (χ2n) is 22.9. The number of carbonyl (C=O) groups is 4. The van der Waals surface area contributed by atoms with Gasteiger partial charge in [0.15, 0.2) is 66.9 Å². The number of amides is 4. The summed E-state index contributed by atoms with van der Waals surface area (Å²) in [6, 6.07) is 46.9. The van der Waals surface area contributed by atoms with Crippen LogP contribution in [-0.4, -0.2) is 119 Å². The van der Waals surface area contributed by atoms with E-state index in [1.807, 2.05) is 164 Å². The Hall–Kier alpha value is -9.80. The minimum absolute atomic E-state index is 0.00127. The fraction of sp³-hybridized carbons (Fsp3) is 0.233. The Balaban J connectivity index is 0.000000124. The minimum Gasteiger partial charge on any atom is -0.454 e. The highest BCUT2D eigenvalue weighted by atomic mass is 32.2. The topological polar surface area (TPSA) is 276 Å². The quantitative estimate of drug-likeness (QED) is 0.0409. The number of carbonyl (C=O) groups excluding carboxylic acids is 4. The van der Waals surface area contributed by atoms with Crippen LogP contribution in [0.5, 0.6) is 23.0 Å². The molecule has 0 unspecified atom stereocenters. The fourth-order valence-electron chi connectivity index (χ4n) is 11.4. The van der Waals surface area contributed by atoms with Crippen LogP contribution in [0.3, 0.4) is 0 Å². The van der Waals surface area contributed by atoms with E-state index in [4.69, 9.17) is 18.9 Å². The number of thiophene rings is 4. The molecule has 0 spiro atoms. The smallest absolute Gasteiger partial charge is 0.234 e. The SMILES string of the molecule is CCn1c(SCC(=O)Nc2ccc3c(c2)OCO3)nnc1-c1cccs1.CCn1c(SCC(=O)Nc2cccc3c2CCC3)nnc1-c1cccs1.CCn1c(SCC(=O)Nc2cccc3c2OCO3)nnc1-c1cccs1.CCn1c(SCC(=O)Nc2cccc3ccccc23)nnc1-c1cccs1. The van der Waals surface area contributed by atoms with E-state index in [2.05, 4.69) is 86.5 Å². The summed E-state index contributed by atoms with van der Waals surface area (Å²) in [5.74, 6) is 6.70. The monoisotopic (exact) mass is 1550 g/mol. The molecule has 0 saturated carbocycles. The van der Waals surface area contributed by atoms with Crippen LogP contribution in [0.15, 0.2) is 188 Å². The van der Waals surface area contributed by atoms with E-state index in [9.17, 15) is 19.2 Å². The highest BCUT2D eigenvalue weighted by Crippen LogP contribution is 2.40. The lowest BCUT2D eigenvalue weighted by molar-refractivity contribution is -0.114. The van der Waals surface area contributed by atoms with E-state index in [0.717, 1.165) is 125 Å². The van der Waals surface area contributed by atoms with Gasteiger partial charge >= 0.3 is 0 Å². The van der Waals surface area contributed by atoms with Gasteiger partial charge in [0.05, 0.1) is 48.2 Å². The van der Waals surface area contributed by atoms with Gasteiger partial charge in [0.2, 0.25) is 37.2 Å². The molecular formula is C73H70N16O8S8. The molecule has 0 radical (unpaired) electrons. The molecule has 10 heterocycles. The van der Waals surface area contributed by atoms with Crippen LogP contribution in [0.1, 0.15) is 45.2 Å². The predicted octanol–water partition coefficient (Wildman–Crippen LogP) is 16.1. The number of hydrogen-bond acceptors (Lipinski definition) is 24. The summed E-state index contributed by atoms with van der Waals surface area (Å²) in [4.78, 5) is 53.8. The highest BCUT2D eigenvalue weighted by molar-refractivity contribution is 8.00. The van der Waals surface area contributed by atoms with Crippen molar-refractivity contribution in [1.82, 2.24) is 59.1 Å². The molecular weight excluding hydrogens is 1490 g/mol. The number of aromatic nitrogens is 12. The molecule has 5 aromatic carbocycles. The van der Waals surface area contributed by atoms with Gasteiger partial charge in [-0.05, 0) is 146 Å². The Kier molecular flexibility index (Phi) is 25.1. The molecule has 24 nitrogen and oxygen atoms in total. The molecule has 32 heteroatoms. The van der Waals surface area contributed by atoms with Crippen molar-refractivity contribution in [2.24, 2.45) is 0 Å². The molecule has 1 aliphatic carbocycles. The molecule has 105 heavy (non-hydrogen) atoms. The normalized spacial score (nSPS) is 12.2. The molecule has 16 rings (SSSR count). The summed E-state index contributed by atoms with van der Waals surface area (Å²) >= 11 is 12.1. The molecule has 0 atom stereocenters. The summed E-state index contributed by atoms with van der Waals surface area (Å²) in [5, 5.41) is 59.2. The van der Waals surface area contributed by atoms with Crippen molar-refractivity contribution in [3.05, 3.63) is 178 Å². The molecule has 4 amide bonds. The number of nitrogens with zero attached hydrogens (tertiary/aromatic N) is 12. The van der Waals surface area contributed by atoms with Gasteiger partial charge in [0.1, 0.15) is 0 Å². The second-order valence-corrected chi connectivity index (χ2v) is 30.5. The van der Waals surface area contributed by atoms with Gasteiger partial charge in [-0.15, -0.1) is 86.1 Å². The number of aryl methyl sites for hydroxylation is 1. The number of nitrogens with one attached hydrogen (secondary N) is 4. The van der Waals surface area contributed by atoms with Crippen LogP contribution in [-0.2, 0) is 58.2 Å². The van der Waals surface area contributed by atoms with Crippen molar-refractivity contribution in [2.45, 2.75) is 93.8 Å². The lowest BCUT2D eigenvalue weighted by Gasteiger charge is -2.10. The summed E-state index contributed by atoms with van der Waals surface area (Å²) in [6.07, 6.45) is 3.33. The number of para-hydroxylation sites is 1. The molecule has 0 bridgehead atoms. The highest BCUT2D eigenvalue weighted by Gasteiger charge is 2.24. The van der Waals surface area contributed by atoms with Gasteiger partial charge in [-0.3, -0.25) is 19.2 Å². The Morgan fingerprint density at radius 2 is 0.819 bits per heavy atom. The summed E-state index contributed by atoms with van der Waals surface area (Å²) in [7, 11) is 0. The first kappa shape index (κ1) is 73.5. The van der Waals surface area contributed by atoms with Crippen LogP contribution < -0.4 is 40.2 Å². The van der Waals surface area contributed by atoms with Crippen LogP contribution in [0.25, 0.3) is 53.6 Å². The number of rotatable bonds is 24. The van der Waals surface area contributed by atoms with E-state index in [1.54, 1.807) is 69.6 Å². The third-order valence-electron chi connectivity index (χ3n) is 16.2. The number of ether oxygens (including phenoxy) is 4. The Morgan fingerprint density at radius 1 is 0.400 bits per heavy atom. The molecule has 3 aliphatic rings. The maximum atomic E-state index is 12.5. The lowest BCUT2D eigenvalue weighted by Crippen LogP contribution is -2.16. The van der Waals surface area contributed by atoms with Crippen LogP contribution >= 0.6 is 92.4 Å². The Morgan fingerprint density at radius 3 is 1.32 bits per heavy atom. The summed E-state index contributed by atoms with van der Waals surface area (Å²) < 4.78 is 29.4. The molecule has 8 aromatic heterocycles. The maximum Gasteiger partial charge on any atom is 0.234 e. The van der Waals surface area contributed by atoms with E-state index < -0.39 is 0 Å². The first-order valence-electron chi connectivity index (χ1n) is 33.5. The van der Waals surface area contributed by atoms with Crippen molar-refractivity contribution in [3.8, 4) is 65.8 Å². The standard InChI is InChI=1S/C20H18N4OS2.C19H20N4OS2.2C17H16N4O3S2/c1-2-24-19(17-11-6-12-26-17)22-23-20(24)27-13-18(25)21-16-10-5-8-14-7-3-4-9-15(14)16;1-2-23-18(16-10-5-11-25-16)21-22-19(23)26-12-17(24)20-15-9-4-7-13-6-3-8-14(13)15;1-2-21-16(13-7-4-8-25-13)19-20-17(21)26-9-14(22)18-11-5-3-6-12-15(11)24-10-23-12;1-2-21-16(14-4-3-7-25-14)19-20-17(21)26-9-15(22)18-11-5-6-12-13(8-11)24-10-23-12/h3-12H,2,13H2,1H3,(H,21,25);4-5,7,9-11H,2-3,6,8,12H2,1H3,(H,20,24);2*3-8H,2,9-10H2,1H3,(H,18,22). The Bertz CT molecular complexity index is 4940. The van der Waals surface area contributed by atoms with Gasteiger partial charge in [0, 0.05) is 54.7 Å². The van der Waals surface area contributed by atoms with Crippen molar-refractivity contribution >= 4 is 150 Å².